The van der Waals surface area contributed by atoms with Crippen molar-refractivity contribution in [2.24, 2.45) is 5.11 Å². The van der Waals surface area contributed by atoms with Crippen LogP contribution in [0.4, 0.5) is 5.69 Å². The molecule has 3 aromatic rings. The van der Waals surface area contributed by atoms with E-state index in [1.807, 2.05) is 12.1 Å². The summed E-state index contributed by atoms with van der Waals surface area (Å²) in [6.07, 6.45) is 7.07. The van der Waals surface area contributed by atoms with Gasteiger partial charge in [0, 0.05) is 28.5 Å². The van der Waals surface area contributed by atoms with Gasteiger partial charge in [0.15, 0.2) is 0 Å². The number of rotatable bonds is 11. The number of benzene rings is 3. The summed E-state index contributed by atoms with van der Waals surface area (Å²) in [5, 5.41) is 25.6. The molecule has 0 saturated carbocycles. The van der Waals surface area contributed by atoms with Crippen LogP contribution in [-0.4, -0.2) is 35.3 Å². The van der Waals surface area contributed by atoms with Crippen LogP contribution >= 0.6 is 0 Å². The van der Waals surface area contributed by atoms with E-state index >= 15 is 0 Å². The SMILES string of the molecule is N=C(N=[NH2+])c1cccc(NC(=O)C(Cc2ccc(C(=O)NCCC(=O)O)cc2)c2ccc(C3=CCCCC3)cc2)c1. The van der Waals surface area contributed by atoms with Crippen molar-refractivity contribution in [3.8, 4) is 0 Å². The molecule has 6 N–H and O–H groups in total. The molecule has 0 bridgehead atoms. The molecular formula is C32H34N5O4+. The number of carboxylic acid groups (broad SMARTS) is 1. The maximum absolute atomic E-state index is 13.7. The van der Waals surface area contributed by atoms with Crippen LogP contribution in [0.5, 0.6) is 0 Å². The van der Waals surface area contributed by atoms with Crippen LogP contribution in [0, 0.1) is 5.41 Å². The first-order valence-electron chi connectivity index (χ1n) is 13.6. The van der Waals surface area contributed by atoms with Crippen LogP contribution in [0.1, 0.15) is 70.6 Å². The van der Waals surface area contributed by atoms with Crippen LogP contribution in [0.3, 0.4) is 0 Å². The third-order valence-electron chi connectivity index (χ3n) is 7.10. The molecule has 9 heteroatoms. The molecule has 2 amide bonds. The molecule has 41 heavy (non-hydrogen) atoms. The molecule has 210 valence electrons. The van der Waals surface area contributed by atoms with E-state index in [1.54, 1.807) is 48.5 Å². The number of aliphatic carboxylic acids is 1. The smallest absolute Gasteiger partial charge is 0.305 e. The summed E-state index contributed by atoms with van der Waals surface area (Å²) in [6, 6.07) is 21.9. The zero-order valence-electron chi connectivity index (χ0n) is 22.7. The Kier molecular flexibility index (Phi) is 9.88. The first-order valence-corrected chi connectivity index (χ1v) is 13.6. The minimum Gasteiger partial charge on any atom is -0.481 e. The molecule has 4 rings (SSSR count). The Hall–Kier alpha value is -4.92. The van der Waals surface area contributed by atoms with Crippen molar-refractivity contribution in [1.29, 1.82) is 5.41 Å². The average Bonchev–Trinajstić information content (AvgIpc) is 3.00. The summed E-state index contributed by atoms with van der Waals surface area (Å²) < 4.78 is 0. The molecule has 3 aromatic carbocycles. The van der Waals surface area contributed by atoms with E-state index < -0.39 is 11.9 Å². The van der Waals surface area contributed by atoms with Crippen LogP contribution in [0.25, 0.3) is 5.57 Å². The highest BCUT2D eigenvalue weighted by molar-refractivity contribution is 6.00. The summed E-state index contributed by atoms with van der Waals surface area (Å²) >= 11 is 0. The van der Waals surface area contributed by atoms with Crippen LogP contribution < -0.4 is 16.2 Å². The fourth-order valence-electron chi connectivity index (χ4n) is 4.85. The van der Waals surface area contributed by atoms with Gasteiger partial charge >= 0.3 is 5.97 Å². The number of allylic oxidation sites excluding steroid dienone is 2. The molecule has 0 aromatic heterocycles. The third kappa shape index (κ3) is 8.04. The zero-order valence-corrected chi connectivity index (χ0v) is 22.7. The van der Waals surface area contributed by atoms with Crippen LogP contribution in [0.15, 0.2) is 84.0 Å². The van der Waals surface area contributed by atoms with Crippen molar-refractivity contribution in [2.75, 3.05) is 11.9 Å². The normalized spacial score (nSPS) is 13.4. The number of amides is 2. The molecule has 1 atom stereocenters. The first kappa shape index (κ1) is 29.1. The van der Waals surface area contributed by atoms with E-state index in [1.165, 1.54) is 24.0 Å². The van der Waals surface area contributed by atoms with Crippen LogP contribution in [-0.2, 0) is 16.0 Å². The molecule has 0 heterocycles. The van der Waals surface area contributed by atoms with Crippen LogP contribution in [0.2, 0.25) is 0 Å². The standard InChI is InChI=1S/C32H33N5O4/c33-30(37-34)26-7-4-8-27(20-26)36-32(41)28(24-15-13-23(14-16-24)22-5-2-1-3-6-22)19-21-9-11-25(12-10-21)31(40)35-18-17-29(38)39/h4-5,7-16,20,28,33-34H,1-3,6,17-19H2,(H,35,40)(H,36,41)(H,38,39)/p+1. The molecule has 1 aliphatic carbocycles. The second-order valence-electron chi connectivity index (χ2n) is 10.00. The molecule has 0 aliphatic heterocycles. The Bertz CT molecular complexity index is 1460. The van der Waals surface area contributed by atoms with E-state index in [4.69, 9.17) is 16.0 Å². The highest BCUT2D eigenvalue weighted by Gasteiger charge is 2.22. The Morgan fingerprint density at radius 3 is 2.39 bits per heavy atom. The second-order valence-corrected chi connectivity index (χ2v) is 10.00. The lowest BCUT2D eigenvalue weighted by atomic mass is 9.88. The number of nitrogens with zero attached hydrogens (tertiary/aromatic N) is 1. The molecule has 0 radical (unpaired) electrons. The molecular weight excluding hydrogens is 518 g/mol. The topological polar surface area (TPSA) is 157 Å². The first-order chi connectivity index (χ1) is 19.8. The number of carbonyl (C=O) groups is 3. The second kappa shape index (κ2) is 13.9. The number of carboxylic acids is 1. The molecule has 0 spiro atoms. The van der Waals surface area contributed by atoms with Crippen molar-refractivity contribution in [1.82, 2.24) is 5.32 Å². The predicted molar refractivity (Wildman–Crippen MR) is 157 cm³/mol. The van der Waals surface area contributed by atoms with Gasteiger partial charge in [-0.1, -0.05) is 54.6 Å². The molecule has 1 aliphatic rings. The van der Waals surface area contributed by atoms with Gasteiger partial charge in [0.2, 0.25) is 11.7 Å². The van der Waals surface area contributed by atoms with Crippen molar-refractivity contribution in [3.63, 3.8) is 0 Å². The Morgan fingerprint density at radius 2 is 1.73 bits per heavy atom. The largest absolute Gasteiger partial charge is 0.481 e. The molecule has 1 unspecified atom stereocenters. The number of carbonyl (C=O) groups excluding carboxylic acids is 2. The minimum absolute atomic E-state index is 0.0467. The quantitative estimate of drug-likeness (QED) is 0.136. The summed E-state index contributed by atoms with van der Waals surface area (Å²) in [4.78, 5) is 36.7. The Morgan fingerprint density at radius 1 is 0.976 bits per heavy atom. The van der Waals surface area contributed by atoms with E-state index in [2.05, 4.69) is 34.0 Å². The van der Waals surface area contributed by atoms with Gasteiger partial charge in [-0.15, -0.1) is 0 Å². The Balaban J connectivity index is 1.55. The van der Waals surface area contributed by atoms with Gasteiger partial charge in [0.1, 0.15) is 0 Å². The number of hydrogen-bond donors (Lipinski definition) is 5. The number of nitrogens with one attached hydrogen (secondary N) is 3. The highest BCUT2D eigenvalue weighted by atomic mass is 16.4. The number of amidine groups is 1. The summed E-state index contributed by atoms with van der Waals surface area (Å²) in [5.41, 5.74) is 10.9. The van der Waals surface area contributed by atoms with E-state index in [9.17, 15) is 14.4 Å². The highest BCUT2D eigenvalue weighted by Crippen LogP contribution is 2.29. The van der Waals surface area contributed by atoms with Gasteiger partial charge in [0.25, 0.3) is 5.91 Å². The molecule has 9 nitrogen and oxygen atoms in total. The lowest BCUT2D eigenvalue weighted by Gasteiger charge is -2.19. The fraction of sp³-hybridized carbons (Fsp3) is 0.250. The maximum Gasteiger partial charge on any atom is 0.305 e. The predicted octanol–water partition coefficient (Wildman–Crippen LogP) is 4.35. The monoisotopic (exact) mass is 552 g/mol. The summed E-state index contributed by atoms with van der Waals surface area (Å²) in [7, 11) is 0. The van der Waals surface area contributed by atoms with Crippen molar-refractivity contribution >= 4 is 34.9 Å². The van der Waals surface area contributed by atoms with Gasteiger partial charge in [-0.3, -0.25) is 19.8 Å². The number of nitrogens with two attached hydrogens (primary N) is 1. The average molecular weight is 553 g/mol. The van der Waals surface area contributed by atoms with E-state index in [-0.39, 0.29) is 30.6 Å². The fourth-order valence-corrected chi connectivity index (χ4v) is 4.85. The number of anilines is 1. The van der Waals surface area contributed by atoms with Crippen molar-refractivity contribution in [3.05, 3.63) is 107 Å². The van der Waals surface area contributed by atoms with Gasteiger partial charge < -0.3 is 15.7 Å². The summed E-state index contributed by atoms with van der Waals surface area (Å²) in [6.45, 7) is 0.0467. The van der Waals surface area contributed by atoms with Gasteiger partial charge in [-0.05, 0) is 78.6 Å². The van der Waals surface area contributed by atoms with E-state index in [0.717, 1.165) is 24.0 Å². The lowest BCUT2D eigenvalue weighted by molar-refractivity contribution is -0.207. The Labute approximate surface area is 238 Å². The maximum atomic E-state index is 13.7. The molecule has 0 fully saturated rings. The zero-order chi connectivity index (χ0) is 29.2. The lowest BCUT2D eigenvalue weighted by Crippen LogP contribution is -2.26. The van der Waals surface area contributed by atoms with Crippen molar-refractivity contribution in [2.45, 2.75) is 44.4 Å². The van der Waals surface area contributed by atoms with Gasteiger partial charge in [-0.2, -0.15) is 5.53 Å². The third-order valence-corrected chi connectivity index (χ3v) is 7.10. The number of hydrogen-bond acceptors (Lipinski definition) is 4. The molecule has 0 saturated heterocycles. The van der Waals surface area contributed by atoms with E-state index in [0.29, 0.717) is 23.2 Å². The minimum atomic E-state index is -0.979. The van der Waals surface area contributed by atoms with Gasteiger partial charge in [0.05, 0.1) is 12.3 Å². The van der Waals surface area contributed by atoms with Gasteiger partial charge in [-0.25, -0.2) is 0 Å². The van der Waals surface area contributed by atoms with Crippen molar-refractivity contribution < 1.29 is 25.0 Å². The summed E-state index contributed by atoms with van der Waals surface area (Å²) in [5.74, 6) is -2.15.